The molecule has 1 aromatic heterocycles. The number of benzene rings is 1. The van der Waals surface area contributed by atoms with Crippen molar-refractivity contribution in [3.8, 4) is 5.75 Å². The van der Waals surface area contributed by atoms with Gasteiger partial charge in [0.2, 0.25) is 5.91 Å². The van der Waals surface area contributed by atoms with Gasteiger partial charge in [0, 0.05) is 28.1 Å². The fourth-order valence-electron chi connectivity index (χ4n) is 1.81. The van der Waals surface area contributed by atoms with Gasteiger partial charge in [-0.05, 0) is 31.5 Å². The van der Waals surface area contributed by atoms with E-state index < -0.39 is 5.91 Å². The highest BCUT2D eigenvalue weighted by Gasteiger charge is 2.07. The number of carbonyl (C=O) groups is 1. The van der Waals surface area contributed by atoms with Crippen molar-refractivity contribution in [1.82, 2.24) is 0 Å². The van der Waals surface area contributed by atoms with Crippen molar-refractivity contribution in [3.05, 3.63) is 45.1 Å². The molecule has 0 fully saturated rings. The zero-order chi connectivity index (χ0) is 14.0. The highest BCUT2D eigenvalue weighted by Crippen LogP contribution is 2.28. The number of rotatable bonds is 4. The van der Waals surface area contributed by atoms with Gasteiger partial charge in [-0.2, -0.15) is 0 Å². The molecule has 1 heterocycles. The number of amides is 1. The van der Waals surface area contributed by atoms with Gasteiger partial charge in [-0.3, -0.25) is 4.79 Å². The van der Waals surface area contributed by atoms with Crippen LogP contribution < -0.4 is 11.1 Å². The van der Waals surface area contributed by atoms with Crippen LogP contribution in [0.3, 0.4) is 0 Å². The predicted molar refractivity (Wildman–Crippen MR) is 77.7 cm³/mol. The molecule has 4 nitrogen and oxygen atoms in total. The van der Waals surface area contributed by atoms with E-state index in [1.54, 1.807) is 11.4 Å². The second-order valence-corrected chi connectivity index (χ2v) is 5.42. The van der Waals surface area contributed by atoms with Gasteiger partial charge in [0.05, 0.1) is 5.56 Å². The average molecular weight is 276 g/mol. The monoisotopic (exact) mass is 276 g/mol. The molecule has 0 aliphatic rings. The molecule has 0 unspecified atom stereocenters. The first-order valence-electron chi connectivity index (χ1n) is 5.89. The molecule has 2 rings (SSSR count). The Bertz CT molecular complexity index is 620. The molecule has 0 saturated heterocycles. The number of nitrogens with one attached hydrogen (secondary N) is 1. The second kappa shape index (κ2) is 5.32. The van der Waals surface area contributed by atoms with Gasteiger partial charge < -0.3 is 16.2 Å². The molecule has 0 atom stereocenters. The van der Waals surface area contributed by atoms with Crippen molar-refractivity contribution >= 4 is 22.9 Å². The molecule has 0 aliphatic carbocycles. The van der Waals surface area contributed by atoms with Crippen molar-refractivity contribution in [2.24, 2.45) is 5.73 Å². The van der Waals surface area contributed by atoms with Crippen LogP contribution in [0.25, 0.3) is 0 Å². The van der Waals surface area contributed by atoms with Crippen LogP contribution in [0.15, 0.2) is 23.6 Å². The molecular formula is C14H16N2O2S. The summed E-state index contributed by atoms with van der Waals surface area (Å²) in [6.07, 6.45) is 0. The van der Waals surface area contributed by atoms with Crippen LogP contribution in [-0.4, -0.2) is 11.0 Å². The van der Waals surface area contributed by atoms with Gasteiger partial charge in [-0.1, -0.05) is 6.07 Å². The number of carbonyl (C=O) groups excluding carboxylic acids is 1. The van der Waals surface area contributed by atoms with Gasteiger partial charge in [-0.25, -0.2) is 0 Å². The average Bonchev–Trinajstić information content (AvgIpc) is 2.84. The number of anilines is 1. The predicted octanol–water partition coefficient (Wildman–Crippen LogP) is 2.78. The maximum absolute atomic E-state index is 11.0. The largest absolute Gasteiger partial charge is 0.507 e. The Hall–Kier alpha value is -2.01. The third kappa shape index (κ3) is 2.88. The van der Waals surface area contributed by atoms with Crippen LogP contribution in [-0.2, 0) is 6.54 Å². The summed E-state index contributed by atoms with van der Waals surface area (Å²) in [6, 6.07) is 5.59. The Kier molecular flexibility index (Phi) is 3.76. The third-order valence-electron chi connectivity index (χ3n) is 3.02. The number of hydrogen-bond acceptors (Lipinski definition) is 4. The van der Waals surface area contributed by atoms with Crippen LogP contribution in [0.5, 0.6) is 5.75 Å². The highest BCUT2D eigenvalue weighted by atomic mass is 32.1. The van der Waals surface area contributed by atoms with Crippen molar-refractivity contribution in [3.63, 3.8) is 0 Å². The highest BCUT2D eigenvalue weighted by molar-refractivity contribution is 7.10. The number of aryl methyl sites for hydroxylation is 1. The number of phenols is 1. The minimum absolute atomic E-state index is 0.314. The first-order valence-corrected chi connectivity index (χ1v) is 6.77. The van der Waals surface area contributed by atoms with Crippen molar-refractivity contribution in [1.29, 1.82) is 0 Å². The lowest BCUT2D eigenvalue weighted by atomic mass is 10.1. The molecule has 5 heteroatoms. The summed E-state index contributed by atoms with van der Waals surface area (Å²) in [7, 11) is 0. The molecule has 1 aromatic carbocycles. The fourth-order valence-corrected chi connectivity index (χ4v) is 2.63. The maximum atomic E-state index is 11.0. The summed E-state index contributed by atoms with van der Waals surface area (Å²) < 4.78 is 0. The standard InChI is InChI=1S/C14H16N2O2S/c1-8-3-4-12(9(2)13(8)17)16-6-11-5-10(7-19-11)14(15)18/h3-5,7,16-17H,6H2,1-2H3,(H2,15,18). The van der Waals surface area contributed by atoms with E-state index in [1.165, 1.54) is 11.3 Å². The number of hydrogen-bond donors (Lipinski definition) is 3. The maximum Gasteiger partial charge on any atom is 0.249 e. The minimum Gasteiger partial charge on any atom is -0.507 e. The number of aromatic hydroxyl groups is 1. The van der Waals surface area contributed by atoms with Crippen LogP contribution >= 0.6 is 11.3 Å². The first kappa shape index (κ1) is 13.4. The number of phenolic OH excluding ortho intramolecular Hbond substituents is 1. The summed E-state index contributed by atoms with van der Waals surface area (Å²) >= 11 is 1.48. The van der Waals surface area contributed by atoms with Crippen LogP contribution in [0.1, 0.15) is 26.4 Å². The van der Waals surface area contributed by atoms with Gasteiger partial charge in [0.25, 0.3) is 0 Å². The Morgan fingerprint density at radius 1 is 1.42 bits per heavy atom. The lowest BCUT2D eigenvalue weighted by molar-refractivity contribution is 0.100. The van der Waals surface area contributed by atoms with Gasteiger partial charge >= 0.3 is 0 Å². The summed E-state index contributed by atoms with van der Waals surface area (Å²) in [4.78, 5) is 12.0. The molecule has 0 bridgehead atoms. The normalized spacial score (nSPS) is 10.4. The summed E-state index contributed by atoms with van der Waals surface area (Å²) in [6.45, 7) is 4.33. The lowest BCUT2D eigenvalue weighted by Gasteiger charge is -2.11. The minimum atomic E-state index is -0.410. The van der Waals surface area contributed by atoms with E-state index in [9.17, 15) is 9.90 Å². The van der Waals surface area contributed by atoms with Gasteiger partial charge in [0.1, 0.15) is 5.75 Å². The van der Waals surface area contributed by atoms with Crippen molar-refractivity contribution in [2.75, 3.05) is 5.32 Å². The van der Waals surface area contributed by atoms with Crippen LogP contribution in [0, 0.1) is 13.8 Å². The summed E-state index contributed by atoms with van der Waals surface area (Å²) in [5, 5.41) is 14.9. The summed E-state index contributed by atoms with van der Waals surface area (Å²) in [5.41, 5.74) is 8.31. The van der Waals surface area contributed by atoms with Crippen molar-refractivity contribution in [2.45, 2.75) is 20.4 Å². The molecule has 0 saturated carbocycles. The molecule has 19 heavy (non-hydrogen) atoms. The fraction of sp³-hybridized carbons (Fsp3) is 0.214. The smallest absolute Gasteiger partial charge is 0.249 e. The SMILES string of the molecule is Cc1ccc(NCc2cc(C(N)=O)cs2)c(C)c1O. The Morgan fingerprint density at radius 3 is 2.79 bits per heavy atom. The molecule has 0 spiro atoms. The molecule has 4 N–H and O–H groups in total. The number of thiophene rings is 1. The van der Waals surface area contributed by atoms with E-state index in [0.717, 1.165) is 21.7 Å². The van der Waals surface area contributed by atoms with E-state index >= 15 is 0 Å². The van der Waals surface area contributed by atoms with Crippen LogP contribution in [0.2, 0.25) is 0 Å². The first-order chi connectivity index (χ1) is 8.99. The Morgan fingerprint density at radius 2 is 2.16 bits per heavy atom. The molecule has 0 aliphatic heterocycles. The summed E-state index contributed by atoms with van der Waals surface area (Å²) in [5.74, 6) is -0.0966. The third-order valence-corrected chi connectivity index (χ3v) is 3.96. The molecular weight excluding hydrogens is 260 g/mol. The number of primary amides is 1. The Labute approximate surface area is 115 Å². The van der Waals surface area contributed by atoms with E-state index in [1.807, 2.05) is 26.0 Å². The van der Waals surface area contributed by atoms with E-state index in [2.05, 4.69) is 5.32 Å². The zero-order valence-electron chi connectivity index (χ0n) is 10.9. The van der Waals surface area contributed by atoms with Crippen molar-refractivity contribution < 1.29 is 9.90 Å². The Balaban J connectivity index is 2.10. The lowest BCUT2D eigenvalue weighted by Crippen LogP contribution is -2.09. The molecule has 2 aromatic rings. The van der Waals surface area contributed by atoms with Gasteiger partial charge in [-0.15, -0.1) is 11.3 Å². The zero-order valence-corrected chi connectivity index (χ0v) is 11.7. The van der Waals surface area contributed by atoms with Crippen LogP contribution in [0.4, 0.5) is 5.69 Å². The van der Waals surface area contributed by atoms with E-state index in [-0.39, 0.29) is 0 Å². The number of nitrogens with two attached hydrogens (primary N) is 1. The van der Waals surface area contributed by atoms with E-state index in [0.29, 0.717) is 17.9 Å². The van der Waals surface area contributed by atoms with Gasteiger partial charge in [0.15, 0.2) is 0 Å². The van der Waals surface area contributed by atoms with E-state index in [4.69, 9.17) is 5.73 Å². The molecule has 100 valence electrons. The molecule has 0 radical (unpaired) electrons. The molecule has 1 amide bonds. The quantitative estimate of drug-likeness (QED) is 0.803. The topological polar surface area (TPSA) is 75.3 Å². The second-order valence-electron chi connectivity index (χ2n) is 4.42.